The number of aromatic nitrogens is 4. The van der Waals surface area contributed by atoms with E-state index in [0.29, 0.717) is 41.9 Å². The molecule has 4 aliphatic rings. The molecule has 4 aliphatic heterocycles. The van der Waals surface area contributed by atoms with Gasteiger partial charge in [0.15, 0.2) is 0 Å². The first-order valence-electron chi connectivity index (χ1n) is 24.0. The number of allylic oxidation sites excluding steroid dienone is 3. The van der Waals surface area contributed by atoms with Gasteiger partial charge in [-0.25, -0.2) is 9.97 Å². The lowest BCUT2D eigenvalue weighted by molar-refractivity contribution is -0.140. The first-order valence-corrected chi connectivity index (χ1v) is 24.0. The van der Waals surface area contributed by atoms with Gasteiger partial charge in [0, 0.05) is 53.9 Å². The fourth-order valence-electron chi connectivity index (χ4n) is 9.89. The lowest BCUT2D eigenvalue weighted by Crippen LogP contribution is -2.41. The number of methoxy groups -OCH3 is 1. The van der Waals surface area contributed by atoms with E-state index in [4.69, 9.17) is 19.4 Å². The molecule has 2 amide bonds. The zero-order valence-corrected chi connectivity index (χ0v) is 39.3. The number of fused-ring (bicyclic) bond motifs is 8. The number of H-pyrrole nitrogens is 2. The van der Waals surface area contributed by atoms with Crippen LogP contribution in [0.5, 0.6) is 0 Å². The highest BCUT2D eigenvalue weighted by molar-refractivity contribution is 6.23. The third-order valence-corrected chi connectivity index (χ3v) is 13.8. The number of hydrogen-bond donors (Lipinski definition) is 2. The van der Waals surface area contributed by atoms with E-state index in [9.17, 15) is 14.4 Å². The van der Waals surface area contributed by atoms with Gasteiger partial charge in [-0.15, -0.1) is 0 Å². The summed E-state index contributed by atoms with van der Waals surface area (Å²) >= 11 is 0. The van der Waals surface area contributed by atoms with Crippen LogP contribution < -0.4 is 0 Å². The van der Waals surface area contributed by atoms with Crippen molar-refractivity contribution in [2.45, 2.75) is 182 Å². The average Bonchev–Trinajstić information content (AvgIpc) is 3.94. The molecule has 62 heavy (non-hydrogen) atoms. The normalized spacial score (nSPS) is 17.3. The summed E-state index contributed by atoms with van der Waals surface area (Å²) in [6, 6.07) is 6.25. The van der Waals surface area contributed by atoms with Crippen molar-refractivity contribution in [3.63, 3.8) is 0 Å². The van der Waals surface area contributed by atoms with Crippen molar-refractivity contribution in [2.75, 3.05) is 20.3 Å². The minimum absolute atomic E-state index is 0.1000. The number of rotatable bonds is 22. The number of nitrogens with zero attached hydrogens (tertiary/aromatic N) is 3. The monoisotopic (exact) mass is 848 g/mol. The van der Waals surface area contributed by atoms with Gasteiger partial charge in [-0.05, 0) is 93.9 Å². The highest BCUT2D eigenvalue weighted by Gasteiger charge is 2.40. The molecule has 10 heteroatoms. The first kappa shape index (κ1) is 46.9. The Balaban J connectivity index is 1.47. The number of imide groups is 1. The number of ether oxygens (including phenoxy) is 2. The Labute approximate surface area is 370 Å². The van der Waals surface area contributed by atoms with Gasteiger partial charge < -0.3 is 19.4 Å². The zero-order chi connectivity index (χ0) is 44.5. The minimum atomic E-state index is -0.319. The van der Waals surface area contributed by atoms with Crippen LogP contribution in [0.4, 0.5) is 0 Å². The molecule has 0 radical (unpaired) electrons. The molecule has 0 saturated heterocycles. The summed E-state index contributed by atoms with van der Waals surface area (Å²) in [6.45, 7) is 18.1. The number of unbranched alkanes of at least 4 members (excludes halogenated alkanes) is 12. The molecule has 0 fully saturated rings. The van der Waals surface area contributed by atoms with Crippen LogP contribution >= 0.6 is 0 Å². The van der Waals surface area contributed by atoms with E-state index in [1.807, 2.05) is 13.0 Å². The third-order valence-electron chi connectivity index (χ3n) is 13.8. The molecule has 3 atom stereocenters. The van der Waals surface area contributed by atoms with E-state index in [1.165, 1.54) is 69.8 Å². The number of nitrogens with one attached hydrogen (secondary N) is 2. The number of aryl methyl sites for hydroxylation is 1. The summed E-state index contributed by atoms with van der Waals surface area (Å²) in [5.41, 5.74) is 12.3. The molecule has 2 aromatic heterocycles. The van der Waals surface area contributed by atoms with Gasteiger partial charge in [0.2, 0.25) is 0 Å². The summed E-state index contributed by atoms with van der Waals surface area (Å²) in [7, 11) is 1.41. The quantitative estimate of drug-likeness (QED) is 0.0685. The van der Waals surface area contributed by atoms with Crippen molar-refractivity contribution in [3.05, 3.63) is 69.1 Å². The standard InChI is InChI=1S/C52H73N5O5/c1-10-13-15-17-18-19-20-21-22-24-28-62-36(8)46-34(6)41-29-40-33(5)38(25-26-45(58)61-9)49(55-40)48-50-47(51(59)57(52(48)60)27-23-16-14-11-2)35(7)42(56-50)30-43-37(12-3)32(4)39(53-43)31-44(46)54-41/h29-31,33,36,38,55-56H,10-28H2,1-9H3/t33-,36?,38-/m0/s1. The Morgan fingerprint density at radius 2 is 1.37 bits per heavy atom. The predicted octanol–water partition coefficient (Wildman–Crippen LogP) is 13.0. The minimum Gasteiger partial charge on any atom is -0.469 e. The van der Waals surface area contributed by atoms with Crippen LogP contribution in [0.2, 0.25) is 0 Å². The van der Waals surface area contributed by atoms with Crippen LogP contribution in [0.25, 0.3) is 33.3 Å². The van der Waals surface area contributed by atoms with Crippen molar-refractivity contribution in [1.29, 1.82) is 0 Å². The van der Waals surface area contributed by atoms with E-state index in [0.717, 1.165) is 100 Å². The highest BCUT2D eigenvalue weighted by Crippen LogP contribution is 2.45. The van der Waals surface area contributed by atoms with Gasteiger partial charge in [-0.2, -0.15) is 0 Å². The molecule has 2 N–H and O–H groups in total. The maximum absolute atomic E-state index is 14.9. The Morgan fingerprint density at radius 1 is 0.758 bits per heavy atom. The van der Waals surface area contributed by atoms with Gasteiger partial charge >= 0.3 is 5.97 Å². The number of amides is 2. The molecule has 10 nitrogen and oxygen atoms in total. The van der Waals surface area contributed by atoms with Crippen molar-refractivity contribution in [1.82, 2.24) is 24.8 Å². The molecule has 0 saturated carbocycles. The number of aromatic amines is 2. The molecular weight excluding hydrogens is 775 g/mol. The molecule has 6 heterocycles. The van der Waals surface area contributed by atoms with Crippen LogP contribution in [0.1, 0.15) is 230 Å². The Bertz CT molecular complexity index is 2240. The molecule has 6 rings (SSSR count). The molecule has 0 spiro atoms. The zero-order valence-electron chi connectivity index (χ0n) is 39.3. The third kappa shape index (κ3) is 10.1. The maximum atomic E-state index is 14.9. The van der Waals surface area contributed by atoms with Crippen molar-refractivity contribution in [3.8, 4) is 0 Å². The van der Waals surface area contributed by atoms with E-state index >= 15 is 0 Å². The fraction of sp³-hybridized carbons (Fsp3) is 0.596. The average molecular weight is 848 g/mol. The summed E-state index contributed by atoms with van der Waals surface area (Å²) in [6.07, 6.45) is 17.7. The molecule has 2 aromatic rings. The summed E-state index contributed by atoms with van der Waals surface area (Å²) in [4.78, 5) is 61.2. The summed E-state index contributed by atoms with van der Waals surface area (Å²) in [5.74, 6) is -1.23. The first-order chi connectivity index (χ1) is 29.9. The van der Waals surface area contributed by atoms with E-state index in [2.05, 4.69) is 70.6 Å². The lowest BCUT2D eigenvalue weighted by Gasteiger charge is -2.27. The molecule has 8 bridgehead atoms. The molecule has 1 unspecified atom stereocenters. The van der Waals surface area contributed by atoms with Gasteiger partial charge in [-0.1, -0.05) is 105 Å². The van der Waals surface area contributed by atoms with Gasteiger partial charge in [0.05, 0.1) is 52.6 Å². The predicted molar refractivity (Wildman–Crippen MR) is 251 cm³/mol. The van der Waals surface area contributed by atoms with Crippen molar-refractivity contribution < 1.29 is 23.9 Å². The molecule has 0 aliphatic carbocycles. The van der Waals surface area contributed by atoms with E-state index in [-0.39, 0.29) is 42.1 Å². The second kappa shape index (κ2) is 21.7. The van der Waals surface area contributed by atoms with Crippen molar-refractivity contribution in [2.24, 2.45) is 0 Å². The van der Waals surface area contributed by atoms with E-state index < -0.39 is 0 Å². The molecule has 336 valence electrons. The Hall–Kier alpha value is -4.57. The highest BCUT2D eigenvalue weighted by atomic mass is 16.5. The Morgan fingerprint density at radius 3 is 2.03 bits per heavy atom. The molecular formula is C52H73N5O5. The number of carbonyl (C=O) groups is 3. The SMILES string of the molecule is CCCCCCCCCCCCOC(C)C1=C(C)c2cc3[nH]c(c4c5[nH]c(cc6nc(cc1n2)C(C)=C6CC)c(C)c5C(=O)N(CCCCCC)C4=O)[C@@H](CCC(=O)OC)[C@@H]3C. The number of hydrogen-bond acceptors (Lipinski definition) is 7. The largest absolute Gasteiger partial charge is 0.469 e. The maximum Gasteiger partial charge on any atom is 0.305 e. The van der Waals surface area contributed by atoms with Crippen LogP contribution in [0.15, 0.2) is 18.2 Å². The van der Waals surface area contributed by atoms with E-state index in [1.54, 1.807) is 0 Å². The summed E-state index contributed by atoms with van der Waals surface area (Å²) in [5, 5.41) is 0. The van der Waals surface area contributed by atoms with Crippen LogP contribution in [-0.4, -0.2) is 69.0 Å². The Kier molecular flexibility index (Phi) is 16.4. The smallest absolute Gasteiger partial charge is 0.305 e. The van der Waals surface area contributed by atoms with Crippen LogP contribution in [0.3, 0.4) is 0 Å². The number of esters is 1. The lowest BCUT2D eigenvalue weighted by atomic mass is 9.84. The van der Waals surface area contributed by atoms with Crippen molar-refractivity contribution >= 4 is 51.1 Å². The van der Waals surface area contributed by atoms with Gasteiger partial charge in [0.1, 0.15) is 0 Å². The summed E-state index contributed by atoms with van der Waals surface area (Å²) < 4.78 is 11.7. The molecule has 0 aromatic carbocycles. The van der Waals surface area contributed by atoms with Crippen LogP contribution in [-0.2, 0) is 14.3 Å². The topological polar surface area (TPSA) is 130 Å². The van der Waals surface area contributed by atoms with Gasteiger partial charge in [0.25, 0.3) is 11.8 Å². The fourth-order valence-corrected chi connectivity index (χ4v) is 9.89. The van der Waals surface area contributed by atoms with Gasteiger partial charge in [-0.3, -0.25) is 19.3 Å². The second-order valence-electron chi connectivity index (χ2n) is 18.0. The number of carbonyl (C=O) groups excluding carboxylic acids is 3. The van der Waals surface area contributed by atoms with Crippen LogP contribution in [0, 0.1) is 6.92 Å². The second-order valence-corrected chi connectivity index (χ2v) is 18.0.